The average Bonchev–Trinajstić information content (AvgIpc) is 3.27. The number of rotatable bonds is 8. The lowest BCUT2D eigenvalue weighted by molar-refractivity contribution is -0.123. The molecule has 0 bridgehead atoms. The van der Waals surface area contributed by atoms with Crippen LogP contribution in [0.3, 0.4) is 0 Å². The van der Waals surface area contributed by atoms with Crippen molar-refractivity contribution >= 4 is 22.8 Å². The van der Waals surface area contributed by atoms with E-state index in [2.05, 4.69) is 20.6 Å². The van der Waals surface area contributed by atoms with Crippen LogP contribution in [-0.4, -0.2) is 48.7 Å². The van der Waals surface area contributed by atoms with Crippen molar-refractivity contribution in [1.82, 2.24) is 35.2 Å². The number of hydrogen-bond acceptors (Lipinski definition) is 5. The molecule has 0 radical (unpaired) electrons. The number of pyridine rings is 1. The van der Waals surface area contributed by atoms with Crippen LogP contribution < -0.4 is 5.32 Å². The second-order valence-electron chi connectivity index (χ2n) is 12.5. The third-order valence-corrected chi connectivity index (χ3v) is 9.35. The molecular formula is C33H25F6N7O2. The van der Waals surface area contributed by atoms with Gasteiger partial charge in [0.15, 0.2) is 0 Å². The van der Waals surface area contributed by atoms with Gasteiger partial charge in [0, 0.05) is 42.3 Å². The van der Waals surface area contributed by atoms with Crippen LogP contribution in [-0.2, 0) is 30.2 Å². The van der Waals surface area contributed by atoms with E-state index in [0.29, 0.717) is 45.0 Å². The third kappa shape index (κ3) is 4.82. The number of H-pyrrole nitrogens is 1. The zero-order valence-corrected chi connectivity index (χ0v) is 25.1. The van der Waals surface area contributed by atoms with Crippen LogP contribution in [0, 0.1) is 17.6 Å². The molecule has 2 aromatic carbocycles. The van der Waals surface area contributed by atoms with Gasteiger partial charge in [-0.2, -0.15) is 19.0 Å². The van der Waals surface area contributed by atoms with Crippen molar-refractivity contribution in [3.05, 3.63) is 99.6 Å². The zero-order valence-electron chi connectivity index (χ0n) is 25.1. The molecule has 0 unspecified atom stereocenters. The summed E-state index contributed by atoms with van der Waals surface area (Å²) in [6.07, 6.45) is -1.80. The van der Waals surface area contributed by atoms with Crippen LogP contribution in [0.4, 0.5) is 26.3 Å². The molecule has 1 aliphatic heterocycles. The van der Waals surface area contributed by atoms with E-state index in [1.165, 1.54) is 6.20 Å². The molecule has 246 valence electrons. The number of nitrogens with one attached hydrogen (secondary N) is 2. The number of aromatic amines is 1. The molecule has 0 saturated heterocycles. The predicted octanol–water partition coefficient (Wildman–Crippen LogP) is 5.93. The Morgan fingerprint density at radius 2 is 1.85 bits per heavy atom. The molecule has 15 heteroatoms. The summed E-state index contributed by atoms with van der Waals surface area (Å²) in [5.74, 6) is -8.05. The number of carbonyl (C=O) groups excluding carboxylic acids is 2. The summed E-state index contributed by atoms with van der Waals surface area (Å²) < 4.78 is 87.4. The largest absolute Gasteiger partial charge is 0.346 e. The number of fused-ring (bicyclic) bond motifs is 5. The lowest BCUT2D eigenvalue weighted by Gasteiger charge is -2.23. The fraction of sp³-hybridized carbons (Fsp3) is 0.303. The van der Waals surface area contributed by atoms with E-state index < -0.39 is 65.7 Å². The van der Waals surface area contributed by atoms with Gasteiger partial charge in [-0.3, -0.25) is 19.4 Å². The van der Waals surface area contributed by atoms with Crippen molar-refractivity contribution in [2.75, 3.05) is 7.05 Å². The van der Waals surface area contributed by atoms with Crippen molar-refractivity contribution < 1.29 is 35.9 Å². The minimum Gasteiger partial charge on any atom is -0.346 e. The topological polar surface area (TPSA) is 109 Å². The Hall–Kier alpha value is -5.21. The van der Waals surface area contributed by atoms with Gasteiger partial charge in [0.25, 0.3) is 18.3 Å². The van der Waals surface area contributed by atoms with E-state index in [1.807, 2.05) is 0 Å². The Balaban J connectivity index is 1.21. The number of aromatic nitrogens is 5. The molecule has 0 spiro atoms. The number of alkyl halides is 4. The summed E-state index contributed by atoms with van der Waals surface area (Å²) in [6, 6.07) is 8.73. The molecule has 4 heterocycles. The molecule has 3 aliphatic rings. The van der Waals surface area contributed by atoms with Gasteiger partial charge in [-0.15, -0.1) is 0 Å². The average molecular weight is 666 g/mol. The minimum absolute atomic E-state index is 0.0688. The highest BCUT2D eigenvalue weighted by Crippen LogP contribution is 2.68. The predicted molar refractivity (Wildman–Crippen MR) is 158 cm³/mol. The second-order valence-corrected chi connectivity index (χ2v) is 12.5. The van der Waals surface area contributed by atoms with Gasteiger partial charge in [0.2, 0.25) is 5.91 Å². The van der Waals surface area contributed by atoms with Crippen molar-refractivity contribution in [1.29, 1.82) is 0 Å². The molecule has 5 aromatic rings. The summed E-state index contributed by atoms with van der Waals surface area (Å²) in [5, 5.41) is 13.3. The van der Waals surface area contributed by atoms with E-state index in [1.54, 1.807) is 36.2 Å². The maximum atomic E-state index is 15.2. The number of hydrogen-bond donors (Lipinski definition) is 2. The molecule has 1 fully saturated rings. The summed E-state index contributed by atoms with van der Waals surface area (Å²) in [5.41, 5.74) is 1.91. The third-order valence-electron chi connectivity index (χ3n) is 9.35. The highest BCUT2D eigenvalue weighted by Gasteiger charge is 2.67. The van der Waals surface area contributed by atoms with Crippen molar-refractivity contribution in [3.63, 3.8) is 0 Å². The summed E-state index contributed by atoms with van der Waals surface area (Å²) in [6.45, 7) is -0.394. The van der Waals surface area contributed by atoms with Gasteiger partial charge >= 0.3 is 0 Å². The Morgan fingerprint density at radius 1 is 1.08 bits per heavy atom. The molecule has 2 N–H and O–H groups in total. The summed E-state index contributed by atoms with van der Waals surface area (Å²) in [4.78, 5) is 32.8. The molecule has 9 nitrogen and oxygen atoms in total. The first-order chi connectivity index (χ1) is 22.9. The SMILES string of the molecule is CN1Cc2ccc(-c3cc4[nH]ncc4nc3[C@H](Cc3cc(F)cc(F)c3)NC(=O)Cn3nc(C(F)F)c4c3C(F)(F)[C@@H]3C[C@H]43)cc2C1=O. The fourth-order valence-electron chi connectivity index (χ4n) is 7.14. The van der Waals surface area contributed by atoms with Crippen LogP contribution in [0.15, 0.2) is 48.7 Å². The lowest BCUT2D eigenvalue weighted by Crippen LogP contribution is -2.35. The summed E-state index contributed by atoms with van der Waals surface area (Å²) in [7, 11) is 1.67. The van der Waals surface area contributed by atoms with Gasteiger partial charge in [0.1, 0.15) is 35.1 Å². The van der Waals surface area contributed by atoms with Crippen LogP contribution in [0.1, 0.15) is 68.9 Å². The quantitative estimate of drug-likeness (QED) is 0.200. The summed E-state index contributed by atoms with van der Waals surface area (Å²) >= 11 is 0. The van der Waals surface area contributed by atoms with Gasteiger partial charge in [0.05, 0.1) is 23.4 Å². The number of benzene rings is 2. The van der Waals surface area contributed by atoms with E-state index in [9.17, 15) is 27.2 Å². The zero-order chi connectivity index (χ0) is 33.6. The first kappa shape index (κ1) is 30.1. The van der Waals surface area contributed by atoms with E-state index >= 15 is 8.78 Å². The molecular weight excluding hydrogens is 640 g/mol. The molecule has 8 rings (SSSR count). The Labute approximate surface area is 267 Å². The first-order valence-electron chi connectivity index (χ1n) is 15.1. The first-order valence-corrected chi connectivity index (χ1v) is 15.1. The number of halogens is 6. The van der Waals surface area contributed by atoms with Crippen molar-refractivity contribution in [2.45, 2.75) is 50.2 Å². The highest BCUT2D eigenvalue weighted by atomic mass is 19.3. The number of carbonyl (C=O) groups is 2. The Kier molecular flexibility index (Phi) is 6.69. The minimum atomic E-state index is -3.43. The molecule has 2 amide bonds. The number of nitrogens with zero attached hydrogens (tertiary/aromatic N) is 5. The van der Waals surface area contributed by atoms with Crippen LogP contribution >= 0.6 is 0 Å². The highest BCUT2D eigenvalue weighted by molar-refractivity contribution is 5.99. The molecule has 1 saturated carbocycles. The fourth-order valence-corrected chi connectivity index (χ4v) is 7.14. The van der Waals surface area contributed by atoms with Gasteiger partial charge in [-0.1, -0.05) is 12.1 Å². The Bertz CT molecular complexity index is 2140. The van der Waals surface area contributed by atoms with Crippen LogP contribution in [0.25, 0.3) is 22.2 Å². The maximum Gasteiger partial charge on any atom is 0.293 e. The smallest absolute Gasteiger partial charge is 0.293 e. The standard InChI is InChI=1S/C33H25F6N7O2/c1-45-12-16-3-2-15(7-20(16)32(45)48)19-10-23-25(11-40-43-23)42-28(19)24(6-14-4-17(34)8-18(35)5-14)41-26(47)13-46-30-27(29(44-46)31(36)37)21-9-22(21)33(30,38)39/h2-5,7-8,10-11,21-22,24,31H,6,9,12-13H2,1H3,(H,40,43)(H,41,47)/t21-,22+,24-/m0/s1. The monoisotopic (exact) mass is 665 g/mol. The van der Waals surface area contributed by atoms with Gasteiger partial charge in [-0.25, -0.2) is 22.5 Å². The number of amides is 2. The second kappa shape index (κ2) is 10.7. The van der Waals surface area contributed by atoms with Gasteiger partial charge < -0.3 is 10.2 Å². The molecule has 48 heavy (non-hydrogen) atoms. The van der Waals surface area contributed by atoms with E-state index in [4.69, 9.17) is 4.98 Å². The molecule has 3 aromatic heterocycles. The van der Waals surface area contributed by atoms with Crippen molar-refractivity contribution in [3.8, 4) is 11.1 Å². The maximum absolute atomic E-state index is 15.2. The van der Waals surface area contributed by atoms with E-state index in [-0.39, 0.29) is 35.6 Å². The lowest BCUT2D eigenvalue weighted by atomic mass is 9.93. The molecule has 3 atom stereocenters. The van der Waals surface area contributed by atoms with Crippen LogP contribution in [0.5, 0.6) is 0 Å². The Morgan fingerprint density at radius 3 is 2.60 bits per heavy atom. The van der Waals surface area contributed by atoms with E-state index in [0.717, 1.165) is 17.7 Å². The molecule has 2 aliphatic carbocycles. The van der Waals surface area contributed by atoms with Crippen LogP contribution in [0.2, 0.25) is 0 Å². The van der Waals surface area contributed by atoms with Crippen molar-refractivity contribution in [2.24, 2.45) is 5.92 Å². The normalized spacial score (nSPS) is 19.5. The van der Waals surface area contributed by atoms with Gasteiger partial charge in [-0.05, 0) is 59.7 Å².